The van der Waals surface area contributed by atoms with Gasteiger partial charge in [-0.25, -0.2) is 4.98 Å². The van der Waals surface area contributed by atoms with Crippen molar-refractivity contribution in [2.24, 2.45) is 0 Å². The number of fused-ring (bicyclic) bond motifs is 3. The van der Waals surface area contributed by atoms with Gasteiger partial charge in [0.05, 0.1) is 27.8 Å². The zero-order valence-electron chi connectivity index (χ0n) is 14.5. The highest BCUT2D eigenvalue weighted by molar-refractivity contribution is 7.25. The van der Waals surface area contributed by atoms with Crippen molar-refractivity contribution in [3.05, 3.63) is 58.9 Å². The van der Waals surface area contributed by atoms with Crippen molar-refractivity contribution in [3.63, 3.8) is 0 Å². The molecule has 5 rings (SSSR count). The molecule has 1 aliphatic heterocycles. The highest BCUT2D eigenvalue weighted by Crippen LogP contribution is 2.37. The van der Waals surface area contributed by atoms with Gasteiger partial charge in [-0.05, 0) is 31.9 Å². The lowest BCUT2D eigenvalue weighted by atomic mass is 10.2. The molecule has 0 unspecified atom stereocenters. The summed E-state index contributed by atoms with van der Waals surface area (Å²) in [5.41, 5.74) is 3.88. The van der Waals surface area contributed by atoms with Crippen LogP contribution in [0.5, 0.6) is 0 Å². The SMILES string of the molecule is Cc1ccc(-n2cnc3c(sc4cncc(N5CCCC5)c43)c2=O)cc1. The standard InChI is InChI=1S/C20H18N4OS/c1-13-4-6-14(7-5-13)24-12-22-18-17-15(23-8-2-3-9-23)10-21-11-16(17)26-19(18)20(24)25/h4-7,10-12H,2-3,8-9H2,1H3. The molecule has 3 aromatic heterocycles. The molecule has 0 saturated carbocycles. The Hall–Kier alpha value is -2.73. The Labute approximate surface area is 154 Å². The second-order valence-electron chi connectivity index (χ2n) is 6.76. The summed E-state index contributed by atoms with van der Waals surface area (Å²) in [6.07, 6.45) is 7.80. The highest BCUT2D eigenvalue weighted by atomic mass is 32.1. The van der Waals surface area contributed by atoms with Gasteiger partial charge in [0.2, 0.25) is 0 Å². The van der Waals surface area contributed by atoms with Crippen molar-refractivity contribution >= 4 is 37.3 Å². The number of nitrogens with zero attached hydrogens (tertiary/aromatic N) is 4. The van der Waals surface area contributed by atoms with E-state index in [1.807, 2.05) is 43.6 Å². The fourth-order valence-electron chi connectivity index (χ4n) is 3.65. The van der Waals surface area contributed by atoms with E-state index in [9.17, 15) is 4.79 Å². The van der Waals surface area contributed by atoms with Crippen molar-refractivity contribution in [2.45, 2.75) is 19.8 Å². The fraction of sp³-hybridized carbons (Fsp3) is 0.250. The monoisotopic (exact) mass is 362 g/mol. The Morgan fingerprint density at radius 2 is 1.85 bits per heavy atom. The fourth-order valence-corrected chi connectivity index (χ4v) is 4.72. The minimum atomic E-state index is -0.0209. The molecule has 1 aromatic carbocycles. The minimum absolute atomic E-state index is 0.0209. The van der Waals surface area contributed by atoms with Crippen LogP contribution < -0.4 is 10.5 Å². The van der Waals surface area contributed by atoms with Crippen LogP contribution >= 0.6 is 11.3 Å². The van der Waals surface area contributed by atoms with Gasteiger partial charge in [-0.3, -0.25) is 14.3 Å². The van der Waals surface area contributed by atoms with Crippen molar-refractivity contribution in [2.75, 3.05) is 18.0 Å². The molecule has 0 radical (unpaired) electrons. The predicted molar refractivity (Wildman–Crippen MR) is 107 cm³/mol. The molecule has 0 atom stereocenters. The maximum Gasteiger partial charge on any atom is 0.275 e. The van der Waals surface area contributed by atoms with Gasteiger partial charge in [-0.1, -0.05) is 17.7 Å². The largest absolute Gasteiger partial charge is 0.370 e. The van der Waals surface area contributed by atoms with E-state index in [0.29, 0.717) is 4.70 Å². The van der Waals surface area contributed by atoms with Gasteiger partial charge in [0.1, 0.15) is 11.0 Å². The summed E-state index contributed by atoms with van der Waals surface area (Å²) in [5, 5.41) is 1.06. The number of aromatic nitrogens is 3. The molecule has 1 saturated heterocycles. The van der Waals surface area contributed by atoms with Crippen molar-refractivity contribution < 1.29 is 0 Å². The summed E-state index contributed by atoms with van der Waals surface area (Å²) in [7, 11) is 0. The molecule has 0 aliphatic carbocycles. The average molecular weight is 362 g/mol. The number of hydrogen-bond acceptors (Lipinski definition) is 5. The molecule has 130 valence electrons. The zero-order valence-corrected chi connectivity index (χ0v) is 15.3. The summed E-state index contributed by atoms with van der Waals surface area (Å²) in [6.45, 7) is 4.12. The number of thiophene rings is 1. The van der Waals surface area contributed by atoms with E-state index in [4.69, 9.17) is 0 Å². The molecule has 4 aromatic rings. The molecular formula is C20H18N4OS. The molecule has 5 nitrogen and oxygen atoms in total. The average Bonchev–Trinajstić information content (AvgIpc) is 3.31. The topological polar surface area (TPSA) is 51.0 Å². The maximum atomic E-state index is 13.1. The normalized spacial score (nSPS) is 14.6. The molecule has 0 bridgehead atoms. The van der Waals surface area contributed by atoms with Crippen LogP contribution in [0, 0.1) is 6.92 Å². The van der Waals surface area contributed by atoms with Gasteiger partial charge >= 0.3 is 0 Å². The molecule has 26 heavy (non-hydrogen) atoms. The molecule has 1 aliphatic rings. The van der Waals surface area contributed by atoms with Gasteiger partial charge in [-0.15, -0.1) is 11.3 Å². The lowest BCUT2D eigenvalue weighted by molar-refractivity contribution is 0.949. The van der Waals surface area contributed by atoms with E-state index >= 15 is 0 Å². The third-order valence-electron chi connectivity index (χ3n) is 5.03. The molecule has 4 heterocycles. The van der Waals surface area contributed by atoms with Crippen molar-refractivity contribution in [1.29, 1.82) is 0 Å². The Morgan fingerprint density at radius 1 is 1.08 bits per heavy atom. The lowest BCUT2D eigenvalue weighted by Gasteiger charge is -2.18. The number of anilines is 1. The highest BCUT2D eigenvalue weighted by Gasteiger charge is 2.20. The predicted octanol–water partition coefficient (Wildman–Crippen LogP) is 3.90. The van der Waals surface area contributed by atoms with Crippen LogP contribution in [-0.4, -0.2) is 27.6 Å². The van der Waals surface area contributed by atoms with Crippen molar-refractivity contribution in [3.8, 4) is 5.69 Å². The van der Waals surface area contributed by atoms with E-state index in [1.165, 1.54) is 29.7 Å². The summed E-state index contributed by atoms with van der Waals surface area (Å²) in [5.74, 6) is 0. The lowest BCUT2D eigenvalue weighted by Crippen LogP contribution is -2.19. The Morgan fingerprint density at radius 3 is 2.62 bits per heavy atom. The number of pyridine rings is 1. The number of benzene rings is 1. The first-order chi connectivity index (χ1) is 12.7. The molecule has 6 heteroatoms. The Bertz CT molecular complexity index is 1170. The quantitative estimate of drug-likeness (QED) is 0.543. The summed E-state index contributed by atoms with van der Waals surface area (Å²) < 4.78 is 3.34. The van der Waals surface area contributed by atoms with Crippen LogP contribution in [0.3, 0.4) is 0 Å². The summed E-state index contributed by atoms with van der Waals surface area (Å²) >= 11 is 1.49. The van der Waals surface area contributed by atoms with Crippen LogP contribution in [0.4, 0.5) is 5.69 Å². The van der Waals surface area contributed by atoms with Crippen LogP contribution in [0.15, 0.2) is 47.8 Å². The number of aryl methyl sites for hydroxylation is 1. The van der Waals surface area contributed by atoms with E-state index < -0.39 is 0 Å². The van der Waals surface area contributed by atoms with Crippen molar-refractivity contribution in [1.82, 2.24) is 14.5 Å². The second kappa shape index (κ2) is 5.92. The maximum absolute atomic E-state index is 13.1. The molecule has 0 spiro atoms. The summed E-state index contributed by atoms with van der Waals surface area (Å²) in [4.78, 5) is 24.6. The molecule has 0 amide bonds. The van der Waals surface area contributed by atoms with Gasteiger partial charge in [0.15, 0.2) is 0 Å². The van der Waals surface area contributed by atoms with Gasteiger partial charge in [-0.2, -0.15) is 0 Å². The third-order valence-corrected chi connectivity index (χ3v) is 6.13. The van der Waals surface area contributed by atoms with Crippen LogP contribution in [-0.2, 0) is 0 Å². The Kier molecular flexibility index (Phi) is 3.53. The number of rotatable bonds is 2. The van der Waals surface area contributed by atoms with E-state index in [2.05, 4.69) is 14.9 Å². The second-order valence-corrected chi connectivity index (χ2v) is 7.81. The smallest absolute Gasteiger partial charge is 0.275 e. The first-order valence-electron chi connectivity index (χ1n) is 8.82. The first-order valence-corrected chi connectivity index (χ1v) is 9.64. The number of hydrogen-bond donors (Lipinski definition) is 0. The minimum Gasteiger partial charge on any atom is -0.370 e. The van der Waals surface area contributed by atoms with Crippen LogP contribution in [0.25, 0.3) is 26.0 Å². The van der Waals surface area contributed by atoms with E-state index in [1.54, 1.807) is 10.9 Å². The first kappa shape index (κ1) is 15.5. The van der Waals surface area contributed by atoms with E-state index in [-0.39, 0.29) is 5.56 Å². The van der Waals surface area contributed by atoms with E-state index in [0.717, 1.165) is 40.1 Å². The van der Waals surface area contributed by atoms with Crippen LogP contribution in [0.2, 0.25) is 0 Å². The molecule has 1 fully saturated rings. The van der Waals surface area contributed by atoms with Gasteiger partial charge in [0.25, 0.3) is 5.56 Å². The zero-order chi connectivity index (χ0) is 17.7. The van der Waals surface area contributed by atoms with Gasteiger partial charge in [0, 0.05) is 24.7 Å². The molecule has 0 N–H and O–H groups in total. The summed E-state index contributed by atoms with van der Waals surface area (Å²) in [6, 6.07) is 7.92. The van der Waals surface area contributed by atoms with Gasteiger partial charge < -0.3 is 4.90 Å². The third kappa shape index (κ3) is 2.33. The Balaban J connectivity index is 1.76. The molecular weight excluding hydrogens is 344 g/mol. The van der Waals surface area contributed by atoms with Crippen LogP contribution in [0.1, 0.15) is 18.4 Å².